The SMILES string of the molecule is Cn1cc2c(-c3cc(F)c(CN4CC(C(=O)NC5CCCCC5O)Oc5cc(C6CCC(NC(=O)C7CN(Cc8ccc(Cl)nc8)c8ccccc8O7)C(O)C6)ccc54)c(F)c3)cccc2n1. The van der Waals surface area contributed by atoms with E-state index in [0.717, 1.165) is 35.0 Å². The predicted molar refractivity (Wildman–Crippen MR) is 250 cm³/mol. The van der Waals surface area contributed by atoms with Gasteiger partial charge in [-0.1, -0.05) is 60.8 Å². The van der Waals surface area contributed by atoms with Gasteiger partial charge in [-0.2, -0.15) is 5.10 Å². The predicted octanol–water partition coefficient (Wildman–Crippen LogP) is 7.34. The van der Waals surface area contributed by atoms with Crippen molar-refractivity contribution in [2.45, 2.75) is 100 Å². The van der Waals surface area contributed by atoms with Crippen LogP contribution in [0.5, 0.6) is 11.5 Å². The molecule has 16 heteroatoms. The van der Waals surface area contributed by atoms with Gasteiger partial charge >= 0.3 is 0 Å². The van der Waals surface area contributed by atoms with Crippen molar-refractivity contribution in [3.05, 3.63) is 131 Å². The van der Waals surface area contributed by atoms with Crippen LogP contribution < -0.4 is 29.9 Å². The zero-order chi connectivity index (χ0) is 46.3. The number of carbonyl (C=O) groups excluding carboxylic acids is 2. The van der Waals surface area contributed by atoms with Crippen LogP contribution in [0.4, 0.5) is 20.2 Å². The Bertz CT molecular complexity index is 2790. The van der Waals surface area contributed by atoms with Gasteiger partial charge < -0.3 is 40.1 Å². The molecule has 0 bridgehead atoms. The van der Waals surface area contributed by atoms with E-state index in [1.807, 2.05) is 66.9 Å². The van der Waals surface area contributed by atoms with Crippen molar-refractivity contribution in [1.82, 2.24) is 25.4 Å². The van der Waals surface area contributed by atoms with E-state index in [4.69, 9.17) is 21.1 Å². The van der Waals surface area contributed by atoms with Crippen molar-refractivity contribution < 1.29 is 38.1 Å². The Morgan fingerprint density at radius 1 is 0.776 bits per heavy atom. The summed E-state index contributed by atoms with van der Waals surface area (Å²) in [6.07, 6.45) is 4.54. The molecule has 2 saturated carbocycles. The number of halogens is 3. The minimum Gasteiger partial charge on any atom is -0.477 e. The van der Waals surface area contributed by atoms with Crippen molar-refractivity contribution in [3.8, 4) is 22.6 Å². The van der Waals surface area contributed by atoms with Gasteiger partial charge in [-0.15, -0.1) is 0 Å². The van der Waals surface area contributed by atoms with Crippen LogP contribution in [0, 0.1) is 11.6 Å². The Morgan fingerprint density at radius 3 is 2.21 bits per heavy atom. The number of anilines is 2. The molecular weight excluding hydrogens is 880 g/mol. The van der Waals surface area contributed by atoms with Crippen LogP contribution in [0.15, 0.2) is 97.3 Å². The molecule has 2 aliphatic carbocycles. The van der Waals surface area contributed by atoms with E-state index in [9.17, 15) is 19.8 Å². The summed E-state index contributed by atoms with van der Waals surface area (Å²) < 4.78 is 46.6. The van der Waals surface area contributed by atoms with Gasteiger partial charge in [0.25, 0.3) is 11.8 Å². The number of benzene rings is 4. The number of pyridine rings is 1. The summed E-state index contributed by atoms with van der Waals surface area (Å²) in [5.74, 6) is -1.36. The fourth-order valence-electron chi connectivity index (χ4n) is 10.2. The van der Waals surface area contributed by atoms with Crippen molar-refractivity contribution in [2.75, 3.05) is 22.9 Å². The molecule has 4 N–H and O–H groups in total. The molecule has 0 spiro atoms. The lowest BCUT2D eigenvalue weighted by molar-refractivity contribution is -0.130. The summed E-state index contributed by atoms with van der Waals surface area (Å²) in [4.78, 5) is 35.7. The third-order valence-corrected chi connectivity index (χ3v) is 14.0. The maximum atomic E-state index is 16.2. The Labute approximate surface area is 391 Å². The lowest BCUT2D eigenvalue weighted by Crippen LogP contribution is -2.54. The lowest BCUT2D eigenvalue weighted by atomic mass is 9.79. The first-order valence-corrected chi connectivity index (χ1v) is 23.4. The smallest absolute Gasteiger partial charge is 0.263 e. The average molecular weight is 932 g/mol. The number of aryl methyl sites for hydroxylation is 1. The number of nitrogens with one attached hydrogen (secondary N) is 2. The minimum atomic E-state index is -1.05. The Hall–Kier alpha value is -6.29. The summed E-state index contributed by atoms with van der Waals surface area (Å²) in [7, 11) is 1.79. The van der Waals surface area contributed by atoms with Gasteiger partial charge in [0.2, 0.25) is 0 Å². The fraction of sp³-hybridized carbons (Fsp3) is 0.373. The summed E-state index contributed by atoms with van der Waals surface area (Å²) in [5, 5.41) is 33.9. The molecule has 0 saturated heterocycles. The Morgan fingerprint density at radius 2 is 1.48 bits per heavy atom. The van der Waals surface area contributed by atoms with E-state index < -0.39 is 54.0 Å². The number of aromatic nitrogens is 3. The van der Waals surface area contributed by atoms with Crippen LogP contribution in [0.25, 0.3) is 22.0 Å². The maximum Gasteiger partial charge on any atom is 0.263 e. The molecule has 6 aromatic rings. The number of nitrogens with zero attached hydrogens (tertiary/aromatic N) is 5. The van der Waals surface area contributed by atoms with Crippen LogP contribution >= 0.6 is 11.6 Å². The van der Waals surface area contributed by atoms with Crippen LogP contribution in [0.2, 0.25) is 5.15 Å². The number of para-hydroxylation sites is 2. The van der Waals surface area contributed by atoms with E-state index in [1.54, 1.807) is 35.0 Å². The van der Waals surface area contributed by atoms with Gasteiger partial charge in [0, 0.05) is 43.5 Å². The molecule has 2 fully saturated rings. The van der Waals surface area contributed by atoms with Crippen molar-refractivity contribution in [3.63, 3.8) is 0 Å². The van der Waals surface area contributed by atoms with E-state index in [0.29, 0.717) is 77.6 Å². The molecule has 7 atom stereocenters. The molecule has 7 unspecified atom stereocenters. The topological polar surface area (TPSA) is 154 Å². The number of fused-ring (bicyclic) bond motifs is 3. The first-order valence-electron chi connectivity index (χ1n) is 23.0. The summed E-state index contributed by atoms with van der Waals surface area (Å²) in [5.41, 5.74) is 4.80. The quantitative estimate of drug-likeness (QED) is 0.103. The summed E-state index contributed by atoms with van der Waals surface area (Å²) >= 11 is 6.02. The number of hydrogen-bond donors (Lipinski definition) is 4. The van der Waals surface area contributed by atoms with E-state index in [1.165, 1.54) is 12.1 Å². The first kappa shape index (κ1) is 44.5. The van der Waals surface area contributed by atoms with Crippen LogP contribution in [0.1, 0.15) is 67.6 Å². The molecule has 10 rings (SSSR count). The molecule has 2 amide bonds. The highest BCUT2D eigenvalue weighted by Gasteiger charge is 2.38. The molecule has 13 nitrogen and oxygen atoms in total. The number of aliphatic hydroxyl groups excluding tert-OH is 2. The van der Waals surface area contributed by atoms with E-state index >= 15 is 8.78 Å². The minimum absolute atomic E-state index is 0.00648. The van der Waals surface area contributed by atoms with Crippen LogP contribution in [-0.4, -0.2) is 86.4 Å². The standard InChI is InChI=1S/C51H52ClF2N7O6/c1-59-25-34-33(7-6-9-38(34)58-59)32-19-36(53)35(37(54)20-32)26-61-28-48(51(65)56-39-8-2-4-11-43(39)62)67-46-22-31(15-17-42(46)61)30-14-16-40(44(63)21-30)57-50(64)47-27-60(24-29-13-18-49(52)55-23-29)41-10-3-5-12-45(41)66-47/h3,5-7,9-10,12-13,15,17-20,22-23,25,30,39-40,43-44,47-48,62-63H,2,4,8,11,14,16,21,24,26-28H2,1H3,(H,56,65)(H,57,64). The molecular formula is C51H52ClF2N7O6. The third kappa shape index (κ3) is 9.37. The van der Waals surface area contributed by atoms with Gasteiger partial charge in [0.05, 0.1) is 54.3 Å². The highest BCUT2D eigenvalue weighted by Crippen LogP contribution is 2.42. The second-order valence-electron chi connectivity index (χ2n) is 18.3. The number of amides is 2. The number of aliphatic hydroxyl groups is 2. The number of rotatable bonds is 10. The van der Waals surface area contributed by atoms with Crippen LogP contribution in [0.3, 0.4) is 0 Å². The van der Waals surface area contributed by atoms with Crippen molar-refractivity contribution >= 4 is 45.7 Å². The van der Waals surface area contributed by atoms with E-state index in [2.05, 4.69) is 25.6 Å². The molecule has 67 heavy (non-hydrogen) atoms. The highest BCUT2D eigenvalue weighted by atomic mass is 35.5. The number of carbonyl (C=O) groups is 2. The molecule has 0 radical (unpaired) electrons. The summed E-state index contributed by atoms with van der Waals surface area (Å²) in [6, 6.07) is 24.0. The Kier molecular flexibility index (Phi) is 12.5. The van der Waals surface area contributed by atoms with Gasteiger partial charge in [-0.3, -0.25) is 14.3 Å². The Balaban J connectivity index is 0.853. The van der Waals surface area contributed by atoms with Crippen molar-refractivity contribution in [2.24, 2.45) is 7.05 Å². The molecule has 348 valence electrons. The van der Waals surface area contributed by atoms with Gasteiger partial charge in [0.15, 0.2) is 12.2 Å². The monoisotopic (exact) mass is 931 g/mol. The molecule has 2 aromatic heterocycles. The van der Waals surface area contributed by atoms with Gasteiger partial charge in [-0.25, -0.2) is 13.8 Å². The fourth-order valence-corrected chi connectivity index (χ4v) is 10.3. The number of hydrogen-bond acceptors (Lipinski definition) is 10. The van der Waals surface area contributed by atoms with Crippen molar-refractivity contribution in [1.29, 1.82) is 0 Å². The lowest BCUT2D eigenvalue weighted by Gasteiger charge is -2.39. The van der Waals surface area contributed by atoms with Gasteiger partial charge in [-0.05, 0) is 109 Å². The molecule has 4 aliphatic rings. The normalized spacial score (nSPS) is 23.7. The molecule has 2 aliphatic heterocycles. The van der Waals surface area contributed by atoms with E-state index in [-0.39, 0.29) is 37.0 Å². The van der Waals surface area contributed by atoms with Gasteiger partial charge in [0.1, 0.15) is 28.3 Å². The second kappa shape index (κ2) is 18.8. The first-order chi connectivity index (χ1) is 32.4. The zero-order valence-electron chi connectivity index (χ0n) is 37.0. The largest absolute Gasteiger partial charge is 0.477 e. The second-order valence-corrected chi connectivity index (χ2v) is 18.7. The third-order valence-electron chi connectivity index (χ3n) is 13.7. The molecule has 4 heterocycles. The average Bonchev–Trinajstić information content (AvgIpc) is 3.72. The highest BCUT2D eigenvalue weighted by molar-refractivity contribution is 6.29. The maximum absolute atomic E-state index is 16.2. The van der Waals surface area contributed by atoms with Crippen LogP contribution in [-0.2, 0) is 29.7 Å². The zero-order valence-corrected chi connectivity index (χ0v) is 37.7. The molecule has 4 aromatic carbocycles. The number of ether oxygens (including phenoxy) is 2. The summed E-state index contributed by atoms with van der Waals surface area (Å²) in [6.45, 7) is 0.602.